The second kappa shape index (κ2) is 3.58. The summed E-state index contributed by atoms with van der Waals surface area (Å²) in [5.74, 6) is -1.15. The largest absolute Gasteiger partial charge is 0.386 e. The normalized spacial score (nSPS) is 49.5. The molecule has 0 aromatic heterocycles. The minimum atomic E-state index is -1.38. The predicted octanol–water partition coefficient (Wildman–Crippen LogP) is 1.43. The van der Waals surface area contributed by atoms with Crippen LogP contribution in [0.2, 0.25) is 0 Å². The maximum atomic E-state index is 10.0. The van der Waals surface area contributed by atoms with Crippen LogP contribution in [0.25, 0.3) is 0 Å². The van der Waals surface area contributed by atoms with Crippen molar-refractivity contribution in [1.82, 2.24) is 0 Å². The van der Waals surface area contributed by atoms with Crippen molar-refractivity contribution in [1.29, 1.82) is 10.5 Å². The lowest BCUT2D eigenvalue weighted by Crippen LogP contribution is -2.42. The summed E-state index contributed by atoms with van der Waals surface area (Å²) in [6, 6.07) is 4.73. The molecule has 0 bridgehead atoms. The molecule has 4 atom stereocenters. The summed E-state index contributed by atoms with van der Waals surface area (Å²) in [7, 11) is 0. The quantitative estimate of drug-likeness (QED) is 0.725. The molecule has 1 saturated heterocycles. The van der Waals surface area contributed by atoms with Crippen molar-refractivity contribution in [3.63, 3.8) is 0 Å². The topological polar surface area (TPSA) is 104 Å². The molecule has 2 N–H and O–H groups in total. The molecule has 0 aromatic rings. The van der Waals surface area contributed by atoms with Crippen LogP contribution in [0.3, 0.4) is 0 Å². The van der Waals surface area contributed by atoms with Crippen LogP contribution in [0.15, 0.2) is 4.99 Å². The molecule has 0 unspecified atom stereocenters. The first-order valence-electron chi connectivity index (χ1n) is 7.56. The zero-order chi connectivity index (χ0) is 14.9. The molecule has 110 valence electrons. The molecule has 21 heavy (non-hydrogen) atoms. The van der Waals surface area contributed by atoms with Gasteiger partial charge in [-0.1, -0.05) is 19.3 Å². The summed E-state index contributed by atoms with van der Waals surface area (Å²) in [5.41, 5.74) is 3.56. The minimum Gasteiger partial charge on any atom is -0.386 e. The first-order valence-corrected chi connectivity index (χ1v) is 7.56. The number of nitrogens with two attached hydrogens (primary N) is 1. The lowest BCUT2D eigenvalue weighted by molar-refractivity contribution is -0.201. The highest BCUT2D eigenvalue weighted by Crippen LogP contribution is 2.89. The first kappa shape index (κ1) is 13.1. The SMILES string of the molecule is C[C@@H]1CO[C@]2(N=C(N)[C@@]3(C#N)C4(CCCCC4)[C@@]23C#N)O1. The van der Waals surface area contributed by atoms with Gasteiger partial charge in [-0.25, -0.2) is 4.99 Å². The molecule has 6 heteroatoms. The van der Waals surface area contributed by atoms with Crippen molar-refractivity contribution >= 4 is 5.84 Å². The van der Waals surface area contributed by atoms with Gasteiger partial charge in [0.05, 0.1) is 24.8 Å². The van der Waals surface area contributed by atoms with Crippen LogP contribution in [-0.4, -0.2) is 24.5 Å². The lowest BCUT2D eigenvalue weighted by atomic mass is 9.76. The molecule has 4 aliphatic rings. The fraction of sp³-hybridized carbons (Fsp3) is 0.800. The van der Waals surface area contributed by atoms with Crippen LogP contribution in [0, 0.1) is 38.9 Å². The Morgan fingerprint density at radius 2 is 1.95 bits per heavy atom. The Balaban J connectivity index is 1.93. The summed E-state index contributed by atoms with van der Waals surface area (Å²) < 4.78 is 11.7. The number of hydrogen-bond donors (Lipinski definition) is 1. The second-order valence-electron chi connectivity index (χ2n) is 6.68. The van der Waals surface area contributed by atoms with Crippen molar-refractivity contribution in [2.24, 2.45) is 27.0 Å². The molecule has 2 aliphatic heterocycles. The maximum absolute atomic E-state index is 10.0. The minimum absolute atomic E-state index is 0.150. The molecule has 4 rings (SSSR count). The van der Waals surface area contributed by atoms with E-state index in [1.165, 1.54) is 0 Å². The highest BCUT2D eigenvalue weighted by Gasteiger charge is 3.00. The van der Waals surface area contributed by atoms with Crippen LogP contribution < -0.4 is 5.73 Å². The van der Waals surface area contributed by atoms with E-state index >= 15 is 0 Å². The molecule has 0 amide bonds. The molecule has 2 spiro atoms. The lowest BCUT2D eigenvalue weighted by Gasteiger charge is -2.33. The van der Waals surface area contributed by atoms with Crippen LogP contribution in [-0.2, 0) is 9.47 Å². The van der Waals surface area contributed by atoms with Crippen molar-refractivity contribution in [3.05, 3.63) is 0 Å². The predicted molar refractivity (Wildman–Crippen MR) is 72.5 cm³/mol. The third-order valence-corrected chi connectivity index (χ3v) is 5.98. The van der Waals surface area contributed by atoms with Gasteiger partial charge in [0.15, 0.2) is 5.41 Å². The molecule has 2 heterocycles. The fourth-order valence-corrected chi connectivity index (χ4v) is 5.24. The van der Waals surface area contributed by atoms with Gasteiger partial charge in [0.1, 0.15) is 11.3 Å². The Bertz CT molecular complexity index is 627. The van der Waals surface area contributed by atoms with E-state index < -0.39 is 22.2 Å². The summed E-state index contributed by atoms with van der Waals surface area (Å²) in [5, 5.41) is 19.9. The molecule has 0 aromatic carbocycles. The molecular formula is C15H18N4O2. The monoisotopic (exact) mass is 286 g/mol. The Hall–Kier alpha value is -1.63. The first-order chi connectivity index (χ1) is 10.1. The number of amidine groups is 1. The fourth-order valence-electron chi connectivity index (χ4n) is 5.24. The van der Waals surface area contributed by atoms with Gasteiger partial charge in [-0.3, -0.25) is 0 Å². The average molecular weight is 286 g/mol. The van der Waals surface area contributed by atoms with Crippen LogP contribution in [0.4, 0.5) is 0 Å². The van der Waals surface area contributed by atoms with Gasteiger partial charge >= 0.3 is 0 Å². The highest BCUT2D eigenvalue weighted by atomic mass is 16.8. The number of nitrogens with zero attached hydrogens (tertiary/aromatic N) is 3. The Morgan fingerprint density at radius 1 is 1.24 bits per heavy atom. The van der Waals surface area contributed by atoms with Gasteiger partial charge < -0.3 is 15.2 Å². The van der Waals surface area contributed by atoms with E-state index in [0.29, 0.717) is 6.61 Å². The number of rotatable bonds is 0. The van der Waals surface area contributed by atoms with Gasteiger partial charge in [-0.05, 0) is 19.8 Å². The third-order valence-electron chi connectivity index (χ3n) is 5.98. The molecular weight excluding hydrogens is 268 g/mol. The molecule has 6 nitrogen and oxygen atoms in total. The molecule has 3 fully saturated rings. The van der Waals surface area contributed by atoms with Gasteiger partial charge in [0.2, 0.25) is 0 Å². The highest BCUT2D eigenvalue weighted by molar-refractivity contribution is 6.00. The number of ether oxygens (including phenoxy) is 2. The van der Waals surface area contributed by atoms with Gasteiger partial charge in [-0.2, -0.15) is 10.5 Å². The van der Waals surface area contributed by atoms with Crippen molar-refractivity contribution < 1.29 is 9.47 Å². The van der Waals surface area contributed by atoms with E-state index in [-0.39, 0.29) is 11.9 Å². The summed E-state index contributed by atoms with van der Waals surface area (Å²) in [6.45, 7) is 2.26. The van der Waals surface area contributed by atoms with Crippen molar-refractivity contribution in [2.75, 3.05) is 6.61 Å². The Kier molecular flexibility index (Phi) is 2.22. The number of fused-ring (bicyclic) bond motifs is 4. The number of aliphatic imine (C=N–C) groups is 1. The van der Waals surface area contributed by atoms with E-state index in [4.69, 9.17) is 15.2 Å². The number of nitriles is 2. The van der Waals surface area contributed by atoms with Gasteiger partial charge in [-0.15, -0.1) is 0 Å². The van der Waals surface area contributed by atoms with Crippen molar-refractivity contribution in [2.45, 2.75) is 51.0 Å². The standard InChI is InChI=1S/C15H18N4O2/c1-10-7-20-15(21-10)14(9-17)12(5-3-2-4-6-12)13(14,8-16)11(18)19-15/h10H,2-7H2,1H3,(H2,18,19)/t10-,13+,14-,15+/m1/s1. The van der Waals surface area contributed by atoms with Crippen LogP contribution in [0.1, 0.15) is 39.0 Å². The average Bonchev–Trinajstić information content (AvgIpc) is 2.68. The van der Waals surface area contributed by atoms with Crippen LogP contribution in [0.5, 0.6) is 0 Å². The van der Waals surface area contributed by atoms with Crippen molar-refractivity contribution in [3.8, 4) is 12.1 Å². The summed E-state index contributed by atoms with van der Waals surface area (Å²) >= 11 is 0. The maximum Gasteiger partial charge on any atom is 0.293 e. The number of hydrogen-bond acceptors (Lipinski definition) is 6. The van der Waals surface area contributed by atoms with E-state index in [1.807, 2.05) is 6.92 Å². The molecule has 2 aliphatic carbocycles. The van der Waals surface area contributed by atoms with E-state index in [0.717, 1.165) is 32.1 Å². The molecule has 0 radical (unpaired) electrons. The smallest absolute Gasteiger partial charge is 0.293 e. The Labute approximate surface area is 123 Å². The van der Waals surface area contributed by atoms with E-state index in [2.05, 4.69) is 17.1 Å². The van der Waals surface area contributed by atoms with E-state index in [1.54, 1.807) is 0 Å². The van der Waals surface area contributed by atoms with Gasteiger partial charge in [0.25, 0.3) is 5.91 Å². The Morgan fingerprint density at radius 3 is 2.48 bits per heavy atom. The zero-order valence-corrected chi connectivity index (χ0v) is 12.1. The van der Waals surface area contributed by atoms with E-state index in [9.17, 15) is 10.5 Å². The summed E-state index contributed by atoms with van der Waals surface area (Å²) in [6.07, 6.45) is 4.62. The zero-order valence-electron chi connectivity index (χ0n) is 12.1. The second-order valence-corrected chi connectivity index (χ2v) is 6.68. The van der Waals surface area contributed by atoms with Gasteiger partial charge in [0, 0.05) is 5.41 Å². The third kappa shape index (κ3) is 0.994. The van der Waals surface area contributed by atoms with Crippen LogP contribution >= 0.6 is 0 Å². The summed E-state index contributed by atoms with van der Waals surface area (Å²) in [4.78, 5) is 4.34. The molecule has 2 saturated carbocycles.